The molecular formula is C20H28N4O4S. The minimum atomic E-state index is -3.63. The first-order valence-electron chi connectivity index (χ1n) is 9.83. The van der Waals surface area contributed by atoms with Gasteiger partial charge in [-0.3, -0.25) is 9.48 Å². The number of nitrogens with one attached hydrogen (secondary N) is 1. The molecule has 0 saturated carbocycles. The van der Waals surface area contributed by atoms with E-state index in [0.29, 0.717) is 44.2 Å². The lowest BCUT2D eigenvalue weighted by molar-refractivity contribution is -0.116. The Balaban J connectivity index is 1.67. The number of rotatable bonds is 7. The second-order valence-electron chi connectivity index (χ2n) is 7.09. The molecule has 0 atom stereocenters. The molecule has 1 amide bonds. The van der Waals surface area contributed by atoms with Crippen LogP contribution in [0.3, 0.4) is 0 Å². The number of nitrogens with zero attached hydrogens (tertiary/aromatic N) is 3. The molecule has 0 spiro atoms. The number of carbonyl (C=O) groups excluding carboxylic acids is 1. The molecule has 1 saturated heterocycles. The van der Waals surface area contributed by atoms with Crippen molar-refractivity contribution in [3.05, 3.63) is 41.2 Å². The summed E-state index contributed by atoms with van der Waals surface area (Å²) in [5, 5.41) is 7.24. The first-order chi connectivity index (χ1) is 13.8. The van der Waals surface area contributed by atoms with Crippen LogP contribution in [0.1, 0.15) is 30.3 Å². The molecule has 1 aliphatic heterocycles. The SMILES string of the molecule is CCc1ccc(NC(=O)CCn2nc(C)c(S(=O)(=O)N3CCOCC3)c2C)cc1. The third-order valence-electron chi connectivity index (χ3n) is 5.08. The average molecular weight is 421 g/mol. The van der Waals surface area contributed by atoms with Gasteiger partial charge in [0.15, 0.2) is 0 Å². The predicted molar refractivity (Wildman–Crippen MR) is 110 cm³/mol. The largest absolute Gasteiger partial charge is 0.379 e. The van der Waals surface area contributed by atoms with Gasteiger partial charge in [-0.25, -0.2) is 8.42 Å². The number of morpholine rings is 1. The van der Waals surface area contributed by atoms with Crippen molar-refractivity contribution in [3.8, 4) is 0 Å². The normalized spacial score (nSPS) is 15.4. The fraction of sp³-hybridized carbons (Fsp3) is 0.500. The Hall–Kier alpha value is -2.23. The average Bonchev–Trinajstić information content (AvgIpc) is 3.01. The summed E-state index contributed by atoms with van der Waals surface area (Å²) in [5.74, 6) is -0.139. The molecule has 29 heavy (non-hydrogen) atoms. The van der Waals surface area contributed by atoms with Crippen LogP contribution >= 0.6 is 0 Å². The van der Waals surface area contributed by atoms with E-state index in [4.69, 9.17) is 4.74 Å². The second kappa shape index (κ2) is 9.06. The number of ether oxygens (including phenoxy) is 1. The fourth-order valence-electron chi connectivity index (χ4n) is 3.44. The molecule has 2 heterocycles. The van der Waals surface area contributed by atoms with Crippen molar-refractivity contribution < 1.29 is 17.9 Å². The van der Waals surface area contributed by atoms with Crippen molar-refractivity contribution in [1.82, 2.24) is 14.1 Å². The zero-order valence-corrected chi connectivity index (χ0v) is 18.0. The molecule has 9 heteroatoms. The number of aromatic nitrogens is 2. The number of hydrogen-bond donors (Lipinski definition) is 1. The Kier molecular flexibility index (Phi) is 6.71. The van der Waals surface area contributed by atoms with Gasteiger partial charge < -0.3 is 10.1 Å². The Labute approximate surface area is 171 Å². The van der Waals surface area contributed by atoms with Crippen molar-refractivity contribution in [2.75, 3.05) is 31.6 Å². The van der Waals surface area contributed by atoms with Gasteiger partial charge in [0.25, 0.3) is 0 Å². The second-order valence-corrected chi connectivity index (χ2v) is 8.96. The highest BCUT2D eigenvalue weighted by molar-refractivity contribution is 7.89. The van der Waals surface area contributed by atoms with E-state index in [1.165, 1.54) is 9.87 Å². The molecule has 1 aliphatic rings. The van der Waals surface area contributed by atoms with Crippen molar-refractivity contribution in [2.24, 2.45) is 0 Å². The summed E-state index contributed by atoms with van der Waals surface area (Å²) in [6.45, 7) is 7.27. The lowest BCUT2D eigenvalue weighted by atomic mass is 10.1. The monoisotopic (exact) mass is 420 g/mol. The minimum absolute atomic E-state index is 0.139. The maximum absolute atomic E-state index is 13.0. The molecule has 1 aromatic heterocycles. The van der Waals surface area contributed by atoms with Crippen LogP contribution < -0.4 is 5.32 Å². The van der Waals surface area contributed by atoms with Gasteiger partial charge in [-0.05, 0) is 38.0 Å². The number of anilines is 1. The van der Waals surface area contributed by atoms with Crippen molar-refractivity contribution in [3.63, 3.8) is 0 Å². The number of benzene rings is 1. The van der Waals surface area contributed by atoms with Crippen molar-refractivity contribution >= 4 is 21.6 Å². The van der Waals surface area contributed by atoms with Crippen LogP contribution in [0.5, 0.6) is 0 Å². The Morgan fingerprint density at radius 1 is 1.17 bits per heavy atom. The summed E-state index contributed by atoms with van der Waals surface area (Å²) in [4.78, 5) is 12.5. The van der Waals surface area contributed by atoms with E-state index in [9.17, 15) is 13.2 Å². The lowest BCUT2D eigenvalue weighted by Gasteiger charge is -2.26. The molecule has 8 nitrogen and oxygen atoms in total. The molecule has 0 aliphatic carbocycles. The lowest BCUT2D eigenvalue weighted by Crippen LogP contribution is -2.41. The molecule has 0 bridgehead atoms. The number of amides is 1. The Morgan fingerprint density at radius 3 is 2.45 bits per heavy atom. The van der Waals surface area contributed by atoms with Gasteiger partial charge in [-0.1, -0.05) is 19.1 Å². The maximum atomic E-state index is 13.0. The molecule has 1 N–H and O–H groups in total. The van der Waals surface area contributed by atoms with Gasteiger partial charge in [0.2, 0.25) is 15.9 Å². The van der Waals surface area contributed by atoms with Crippen LogP contribution in [-0.4, -0.2) is 54.7 Å². The number of aryl methyl sites for hydroxylation is 3. The van der Waals surface area contributed by atoms with Crippen LogP contribution in [0.2, 0.25) is 0 Å². The third-order valence-corrected chi connectivity index (χ3v) is 7.23. The fourth-order valence-corrected chi connectivity index (χ4v) is 5.22. The molecule has 0 unspecified atom stereocenters. The van der Waals surface area contributed by atoms with E-state index in [2.05, 4.69) is 17.3 Å². The van der Waals surface area contributed by atoms with Crippen LogP contribution in [0.4, 0.5) is 5.69 Å². The van der Waals surface area contributed by atoms with Crippen LogP contribution in [0.15, 0.2) is 29.2 Å². The summed E-state index contributed by atoms with van der Waals surface area (Å²) >= 11 is 0. The van der Waals surface area contributed by atoms with Gasteiger partial charge in [-0.15, -0.1) is 0 Å². The highest BCUT2D eigenvalue weighted by Crippen LogP contribution is 2.24. The summed E-state index contributed by atoms with van der Waals surface area (Å²) in [6, 6.07) is 7.74. The number of sulfonamides is 1. The molecule has 3 rings (SSSR count). The highest BCUT2D eigenvalue weighted by atomic mass is 32.2. The van der Waals surface area contributed by atoms with E-state index in [0.717, 1.165) is 12.1 Å². The topological polar surface area (TPSA) is 93.5 Å². The van der Waals surface area contributed by atoms with Gasteiger partial charge in [0.1, 0.15) is 4.90 Å². The number of carbonyl (C=O) groups is 1. The van der Waals surface area contributed by atoms with Crippen molar-refractivity contribution in [1.29, 1.82) is 0 Å². The molecule has 158 valence electrons. The number of hydrogen-bond acceptors (Lipinski definition) is 5. The highest BCUT2D eigenvalue weighted by Gasteiger charge is 2.32. The first kappa shape index (κ1) is 21.5. The Morgan fingerprint density at radius 2 is 1.83 bits per heavy atom. The predicted octanol–water partition coefficient (Wildman–Crippen LogP) is 2.11. The summed E-state index contributed by atoms with van der Waals surface area (Å²) in [7, 11) is -3.63. The van der Waals surface area contributed by atoms with E-state index in [1.807, 2.05) is 24.3 Å². The Bertz CT molecular complexity index is 961. The maximum Gasteiger partial charge on any atom is 0.246 e. The van der Waals surface area contributed by atoms with Crippen LogP contribution in [0, 0.1) is 13.8 Å². The summed E-state index contributed by atoms with van der Waals surface area (Å²) < 4.78 is 34.3. The smallest absolute Gasteiger partial charge is 0.246 e. The molecule has 1 aromatic carbocycles. The van der Waals surface area contributed by atoms with E-state index in [1.54, 1.807) is 18.5 Å². The van der Waals surface area contributed by atoms with Gasteiger partial charge in [-0.2, -0.15) is 9.40 Å². The minimum Gasteiger partial charge on any atom is -0.379 e. The van der Waals surface area contributed by atoms with Crippen LogP contribution in [-0.2, 0) is 32.5 Å². The van der Waals surface area contributed by atoms with Gasteiger partial charge in [0.05, 0.1) is 31.1 Å². The van der Waals surface area contributed by atoms with E-state index >= 15 is 0 Å². The third kappa shape index (κ3) is 4.85. The quantitative estimate of drug-likeness (QED) is 0.740. The molecule has 0 radical (unpaired) electrons. The van der Waals surface area contributed by atoms with Crippen molar-refractivity contribution in [2.45, 2.75) is 45.1 Å². The zero-order valence-electron chi connectivity index (χ0n) is 17.1. The molecule has 1 fully saturated rings. The standard InChI is InChI=1S/C20H28N4O4S/c1-4-17-5-7-18(8-6-17)21-19(25)9-10-24-16(3)20(15(2)22-24)29(26,27)23-11-13-28-14-12-23/h5-8H,4,9-14H2,1-3H3,(H,21,25). The van der Waals surface area contributed by atoms with Gasteiger partial charge >= 0.3 is 0 Å². The first-order valence-corrected chi connectivity index (χ1v) is 11.3. The van der Waals surface area contributed by atoms with Crippen LogP contribution in [0.25, 0.3) is 0 Å². The summed E-state index contributed by atoms with van der Waals surface area (Å²) in [6.07, 6.45) is 1.15. The zero-order chi connectivity index (χ0) is 21.0. The molecule has 2 aromatic rings. The van der Waals surface area contributed by atoms with E-state index < -0.39 is 10.0 Å². The molecular weight excluding hydrogens is 392 g/mol. The summed E-state index contributed by atoms with van der Waals surface area (Å²) in [5.41, 5.74) is 2.95. The van der Waals surface area contributed by atoms with E-state index in [-0.39, 0.29) is 17.2 Å². The van der Waals surface area contributed by atoms with Gasteiger partial charge in [0, 0.05) is 25.2 Å².